The van der Waals surface area contributed by atoms with Crippen LogP contribution in [0.3, 0.4) is 0 Å². The maximum atomic E-state index is 6.01. The van der Waals surface area contributed by atoms with Crippen molar-refractivity contribution in [2.75, 3.05) is 13.2 Å². The van der Waals surface area contributed by atoms with Crippen LogP contribution in [0.25, 0.3) is 0 Å². The van der Waals surface area contributed by atoms with Gasteiger partial charge in [0.25, 0.3) is 0 Å². The Kier molecular flexibility index (Phi) is 7.57. The van der Waals surface area contributed by atoms with E-state index in [-0.39, 0.29) is 0 Å². The van der Waals surface area contributed by atoms with Crippen LogP contribution < -0.4 is 10.1 Å². The topological polar surface area (TPSA) is 21.3 Å². The zero-order chi connectivity index (χ0) is 18.0. The molecule has 26 heavy (non-hydrogen) atoms. The number of hydrogen-bond donors (Lipinski definition) is 1. The highest BCUT2D eigenvalue weighted by Crippen LogP contribution is 2.29. The fourth-order valence-electron chi connectivity index (χ4n) is 3.82. The Bertz CT molecular complexity index is 653. The molecule has 3 rings (SSSR count). The van der Waals surface area contributed by atoms with E-state index in [1.807, 2.05) is 0 Å². The molecule has 1 heterocycles. The van der Waals surface area contributed by atoms with Crippen molar-refractivity contribution in [3.05, 3.63) is 65.2 Å². The lowest BCUT2D eigenvalue weighted by molar-refractivity contribution is 0.303. The van der Waals surface area contributed by atoms with Gasteiger partial charge in [-0.3, -0.25) is 0 Å². The van der Waals surface area contributed by atoms with Gasteiger partial charge in [0.05, 0.1) is 6.61 Å². The molecule has 2 nitrogen and oxygen atoms in total. The van der Waals surface area contributed by atoms with Crippen LogP contribution in [-0.4, -0.2) is 13.2 Å². The lowest BCUT2D eigenvalue weighted by Crippen LogP contribution is -2.31. The van der Waals surface area contributed by atoms with Gasteiger partial charge in [-0.15, -0.1) is 0 Å². The van der Waals surface area contributed by atoms with Crippen LogP contribution in [0, 0.1) is 0 Å². The fraction of sp³-hybridized carbons (Fsp3) is 0.500. The highest BCUT2D eigenvalue weighted by Gasteiger charge is 2.20. The number of benzene rings is 2. The number of unbranched alkanes of at least 4 members (excludes halogenated alkanes) is 5. The van der Waals surface area contributed by atoms with E-state index in [4.69, 9.17) is 4.74 Å². The van der Waals surface area contributed by atoms with Crippen molar-refractivity contribution in [2.45, 2.75) is 64.3 Å². The summed E-state index contributed by atoms with van der Waals surface area (Å²) in [4.78, 5) is 0. The minimum absolute atomic E-state index is 0.411. The molecule has 1 aliphatic heterocycles. The van der Waals surface area contributed by atoms with Crippen LogP contribution in [0.5, 0.6) is 5.75 Å². The molecule has 0 saturated carbocycles. The molecule has 0 aromatic heterocycles. The Balaban J connectivity index is 1.51. The second-order valence-corrected chi connectivity index (χ2v) is 7.42. The number of nitrogens with one attached hydrogen (secondary N) is 1. The Morgan fingerprint density at radius 1 is 0.962 bits per heavy atom. The summed E-state index contributed by atoms with van der Waals surface area (Å²) in [7, 11) is 0. The highest BCUT2D eigenvalue weighted by molar-refractivity contribution is 5.40. The summed E-state index contributed by atoms with van der Waals surface area (Å²) in [6.07, 6.45) is 9.97. The molecule has 0 aliphatic carbocycles. The Morgan fingerprint density at radius 2 is 1.77 bits per heavy atom. The van der Waals surface area contributed by atoms with E-state index >= 15 is 0 Å². The molecule has 0 amide bonds. The van der Waals surface area contributed by atoms with Crippen molar-refractivity contribution in [1.29, 1.82) is 0 Å². The van der Waals surface area contributed by atoms with E-state index in [0.717, 1.165) is 31.7 Å². The fourth-order valence-corrected chi connectivity index (χ4v) is 3.82. The van der Waals surface area contributed by atoms with Crippen molar-refractivity contribution >= 4 is 0 Å². The Morgan fingerprint density at radius 3 is 2.62 bits per heavy atom. The summed E-state index contributed by atoms with van der Waals surface area (Å²) in [5.74, 6) is 1.04. The van der Waals surface area contributed by atoms with Gasteiger partial charge in [0.1, 0.15) is 5.75 Å². The van der Waals surface area contributed by atoms with E-state index < -0.39 is 0 Å². The predicted molar refractivity (Wildman–Crippen MR) is 110 cm³/mol. The van der Waals surface area contributed by atoms with Crippen LogP contribution in [0.15, 0.2) is 48.5 Å². The number of fused-ring (bicyclic) bond motifs is 1. The quantitative estimate of drug-likeness (QED) is 0.542. The molecule has 1 N–H and O–H groups in total. The molecule has 0 fully saturated rings. The van der Waals surface area contributed by atoms with Crippen molar-refractivity contribution < 1.29 is 4.74 Å². The maximum Gasteiger partial charge on any atom is 0.119 e. The van der Waals surface area contributed by atoms with Gasteiger partial charge in [-0.2, -0.15) is 0 Å². The zero-order valence-corrected chi connectivity index (χ0v) is 16.2. The molecule has 1 unspecified atom stereocenters. The zero-order valence-electron chi connectivity index (χ0n) is 16.2. The van der Waals surface area contributed by atoms with Gasteiger partial charge in [-0.25, -0.2) is 0 Å². The summed E-state index contributed by atoms with van der Waals surface area (Å²) in [6.45, 7) is 4.15. The largest absolute Gasteiger partial charge is 0.494 e. The lowest BCUT2D eigenvalue weighted by Gasteiger charge is -2.27. The molecule has 2 aromatic rings. The third kappa shape index (κ3) is 5.60. The lowest BCUT2D eigenvalue weighted by atomic mass is 9.90. The van der Waals surface area contributed by atoms with Crippen molar-refractivity contribution in [3.8, 4) is 5.75 Å². The Labute approximate surface area is 159 Å². The van der Waals surface area contributed by atoms with Gasteiger partial charge in [0, 0.05) is 6.04 Å². The van der Waals surface area contributed by atoms with Gasteiger partial charge in [-0.1, -0.05) is 75.4 Å². The smallest absolute Gasteiger partial charge is 0.119 e. The summed E-state index contributed by atoms with van der Waals surface area (Å²) in [6, 6.07) is 17.9. The molecule has 1 aliphatic rings. The first-order valence-corrected chi connectivity index (χ1v) is 10.4. The van der Waals surface area contributed by atoms with Crippen molar-refractivity contribution in [2.24, 2.45) is 0 Å². The van der Waals surface area contributed by atoms with Gasteiger partial charge >= 0.3 is 0 Å². The van der Waals surface area contributed by atoms with E-state index in [0.29, 0.717) is 6.04 Å². The van der Waals surface area contributed by atoms with E-state index in [1.165, 1.54) is 55.2 Å². The molecule has 0 spiro atoms. The molecule has 1 atom stereocenters. The summed E-state index contributed by atoms with van der Waals surface area (Å²) >= 11 is 0. The normalized spacial score (nSPS) is 16.3. The summed E-state index contributed by atoms with van der Waals surface area (Å²) < 4.78 is 6.01. The molecule has 2 heteroatoms. The highest BCUT2D eigenvalue weighted by atomic mass is 16.5. The molecular weight excluding hydrogens is 318 g/mol. The van der Waals surface area contributed by atoms with Gasteiger partial charge in [-0.05, 0) is 54.6 Å². The predicted octanol–water partition coefficient (Wildman–Crippen LogP) is 5.86. The molecular formula is C24H33NO. The summed E-state index contributed by atoms with van der Waals surface area (Å²) in [5.41, 5.74) is 4.28. The minimum atomic E-state index is 0.411. The minimum Gasteiger partial charge on any atom is -0.494 e. The summed E-state index contributed by atoms with van der Waals surface area (Å²) in [5, 5.41) is 3.68. The van der Waals surface area contributed by atoms with E-state index in [2.05, 4.69) is 60.8 Å². The van der Waals surface area contributed by atoms with Crippen LogP contribution in [0.1, 0.15) is 68.2 Å². The molecule has 0 saturated heterocycles. The average molecular weight is 352 g/mol. The molecule has 0 bridgehead atoms. The van der Waals surface area contributed by atoms with Crippen LogP contribution in [0.4, 0.5) is 0 Å². The van der Waals surface area contributed by atoms with Crippen molar-refractivity contribution in [1.82, 2.24) is 5.32 Å². The third-order valence-corrected chi connectivity index (χ3v) is 5.32. The first-order valence-electron chi connectivity index (χ1n) is 10.4. The van der Waals surface area contributed by atoms with Crippen LogP contribution in [-0.2, 0) is 12.8 Å². The van der Waals surface area contributed by atoms with Gasteiger partial charge in [0.2, 0.25) is 0 Å². The maximum absolute atomic E-state index is 6.01. The number of rotatable bonds is 10. The molecule has 0 radical (unpaired) electrons. The van der Waals surface area contributed by atoms with E-state index in [9.17, 15) is 0 Å². The molecule has 2 aromatic carbocycles. The Hall–Kier alpha value is -1.80. The second-order valence-electron chi connectivity index (χ2n) is 7.42. The van der Waals surface area contributed by atoms with E-state index in [1.54, 1.807) is 0 Å². The SMILES string of the molecule is CCCCCCCCOc1ccc2c(c1)CCNC2Cc1ccccc1. The van der Waals surface area contributed by atoms with Crippen LogP contribution >= 0.6 is 0 Å². The van der Waals surface area contributed by atoms with Crippen molar-refractivity contribution in [3.63, 3.8) is 0 Å². The third-order valence-electron chi connectivity index (χ3n) is 5.32. The monoisotopic (exact) mass is 351 g/mol. The second kappa shape index (κ2) is 10.4. The number of ether oxygens (including phenoxy) is 1. The first kappa shape index (κ1) is 19.0. The van der Waals surface area contributed by atoms with Gasteiger partial charge in [0.15, 0.2) is 0 Å². The van der Waals surface area contributed by atoms with Gasteiger partial charge < -0.3 is 10.1 Å². The standard InChI is InChI=1S/C24H33NO/c1-2-3-4-5-6-10-17-26-22-13-14-23-21(19-22)15-16-25-24(23)18-20-11-8-7-9-12-20/h7-9,11-14,19,24-25H,2-6,10,15-18H2,1H3. The first-order chi connectivity index (χ1) is 12.9. The molecule has 140 valence electrons. The number of hydrogen-bond acceptors (Lipinski definition) is 2. The van der Waals surface area contributed by atoms with Crippen LogP contribution in [0.2, 0.25) is 0 Å². The average Bonchev–Trinajstić information content (AvgIpc) is 2.68.